The molecule has 19 heavy (non-hydrogen) atoms. The molecule has 1 aliphatic heterocycles. The zero-order valence-corrected chi connectivity index (χ0v) is 11.9. The van der Waals surface area contributed by atoms with Crippen molar-refractivity contribution in [2.45, 2.75) is 32.6 Å². The summed E-state index contributed by atoms with van der Waals surface area (Å²) in [6.07, 6.45) is 2.77. The summed E-state index contributed by atoms with van der Waals surface area (Å²) in [5, 5.41) is 3.35. The number of carbonyl (C=O) groups is 1. The van der Waals surface area contributed by atoms with Gasteiger partial charge in [-0.15, -0.1) is 0 Å². The number of hydrogen-bond donors (Lipinski definition) is 1. The van der Waals surface area contributed by atoms with E-state index < -0.39 is 5.82 Å². The second-order valence-electron chi connectivity index (χ2n) is 5.20. The van der Waals surface area contributed by atoms with E-state index in [1.54, 1.807) is 12.1 Å². The average molecular weight is 284 g/mol. The van der Waals surface area contributed by atoms with Gasteiger partial charge in [-0.2, -0.15) is 0 Å². The normalized spacial score (nSPS) is 18.3. The minimum Gasteiger partial charge on any atom is -0.317 e. The van der Waals surface area contributed by atoms with E-state index in [0.29, 0.717) is 5.56 Å². The summed E-state index contributed by atoms with van der Waals surface area (Å²) < 4.78 is 13.4. The van der Waals surface area contributed by atoms with Crippen molar-refractivity contribution in [1.82, 2.24) is 5.32 Å². The molecule has 4 heteroatoms. The second-order valence-corrected chi connectivity index (χ2v) is 5.57. The Kier molecular flexibility index (Phi) is 4.58. The van der Waals surface area contributed by atoms with Crippen molar-refractivity contribution < 1.29 is 9.18 Å². The van der Waals surface area contributed by atoms with Crippen molar-refractivity contribution in [2.75, 3.05) is 13.1 Å². The lowest BCUT2D eigenvalue weighted by atomic mass is 9.72. The van der Waals surface area contributed by atoms with Gasteiger partial charge in [0.2, 0.25) is 0 Å². The van der Waals surface area contributed by atoms with Crippen LogP contribution in [0.5, 0.6) is 0 Å². The molecule has 104 valence electrons. The maximum Gasteiger partial charge on any atom is 0.143 e. The van der Waals surface area contributed by atoms with Gasteiger partial charge in [0.25, 0.3) is 0 Å². The van der Waals surface area contributed by atoms with Gasteiger partial charge < -0.3 is 5.32 Å². The van der Waals surface area contributed by atoms with E-state index in [0.717, 1.165) is 32.4 Å². The van der Waals surface area contributed by atoms with Crippen molar-refractivity contribution in [1.29, 1.82) is 0 Å². The van der Waals surface area contributed by atoms with E-state index >= 15 is 0 Å². The molecule has 1 aromatic carbocycles. The van der Waals surface area contributed by atoms with Crippen molar-refractivity contribution in [3.63, 3.8) is 0 Å². The molecule has 1 saturated heterocycles. The highest BCUT2D eigenvalue weighted by atomic mass is 35.5. The quantitative estimate of drug-likeness (QED) is 0.918. The summed E-state index contributed by atoms with van der Waals surface area (Å²) in [7, 11) is 0. The first-order valence-corrected chi connectivity index (χ1v) is 7.14. The van der Waals surface area contributed by atoms with Crippen molar-refractivity contribution in [2.24, 2.45) is 5.41 Å². The summed E-state index contributed by atoms with van der Waals surface area (Å²) in [6, 6.07) is 4.65. The van der Waals surface area contributed by atoms with Gasteiger partial charge in [0.1, 0.15) is 11.6 Å². The Labute approximate surface area is 118 Å². The molecule has 0 unspecified atom stereocenters. The van der Waals surface area contributed by atoms with Gasteiger partial charge in [-0.3, -0.25) is 4.79 Å². The Bertz CT molecular complexity index is 469. The highest BCUT2D eigenvalue weighted by molar-refractivity contribution is 6.31. The minimum absolute atomic E-state index is 0.0797. The first-order valence-electron chi connectivity index (χ1n) is 6.76. The van der Waals surface area contributed by atoms with Crippen molar-refractivity contribution in [3.05, 3.63) is 34.6 Å². The first-order chi connectivity index (χ1) is 9.09. The molecule has 1 heterocycles. The van der Waals surface area contributed by atoms with E-state index in [-0.39, 0.29) is 22.6 Å². The smallest absolute Gasteiger partial charge is 0.143 e. The fourth-order valence-electron chi connectivity index (χ4n) is 2.78. The van der Waals surface area contributed by atoms with Crippen LogP contribution < -0.4 is 5.32 Å². The van der Waals surface area contributed by atoms with E-state index in [9.17, 15) is 9.18 Å². The van der Waals surface area contributed by atoms with Gasteiger partial charge >= 0.3 is 0 Å². The molecular weight excluding hydrogens is 265 g/mol. The van der Waals surface area contributed by atoms with Gasteiger partial charge in [-0.25, -0.2) is 4.39 Å². The Morgan fingerprint density at radius 2 is 2.11 bits per heavy atom. The van der Waals surface area contributed by atoms with Gasteiger partial charge in [0.15, 0.2) is 0 Å². The van der Waals surface area contributed by atoms with E-state index in [4.69, 9.17) is 11.6 Å². The van der Waals surface area contributed by atoms with Crippen LogP contribution in [0.3, 0.4) is 0 Å². The summed E-state index contributed by atoms with van der Waals surface area (Å²) in [5.74, 6) is -0.271. The molecule has 0 saturated carbocycles. The van der Waals surface area contributed by atoms with E-state index in [2.05, 4.69) is 12.2 Å². The molecule has 0 radical (unpaired) electrons. The molecule has 0 bridgehead atoms. The predicted octanol–water partition coefficient (Wildman–Crippen LogP) is 3.37. The monoisotopic (exact) mass is 283 g/mol. The number of Topliss-reactive ketones (excluding diaryl/α,β-unsaturated/α-hetero) is 1. The molecule has 1 aromatic rings. The van der Waals surface area contributed by atoms with Gasteiger partial charge in [-0.05, 0) is 44.0 Å². The van der Waals surface area contributed by atoms with Crippen LogP contribution in [0.25, 0.3) is 0 Å². The molecule has 1 fully saturated rings. The summed E-state index contributed by atoms with van der Waals surface area (Å²) >= 11 is 5.93. The van der Waals surface area contributed by atoms with Crippen LogP contribution in [0.4, 0.5) is 4.39 Å². The fourth-order valence-corrected chi connectivity index (χ4v) is 2.97. The molecule has 2 rings (SSSR count). The predicted molar refractivity (Wildman–Crippen MR) is 74.9 cm³/mol. The Balaban J connectivity index is 2.17. The third kappa shape index (κ3) is 2.98. The number of carbonyl (C=O) groups excluding carboxylic acids is 1. The molecule has 0 aromatic heterocycles. The molecule has 1 aliphatic rings. The maximum absolute atomic E-state index is 13.4. The van der Waals surface area contributed by atoms with Crippen LogP contribution in [0.1, 0.15) is 31.7 Å². The summed E-state index contributed by atoms with van der Waals surface area (Å²) in [4.78, 5) is 12.6. The van der Waals surface area contributed by atoms with Crippen molar-refractivity contribution >= 4 is 17.4 Å². The Morgan fingerprint density at radius 1 is 1.42 bits per heavy atom. The number of hydrogen-bond acceptors (Lipinski definition) is 2. The lowest BCUT2D eigenvalue weighted by Crippen LogP contribution is -2.42. The standard InChI is InChI=1S/C15H19ClFNO/c1-2-15(6-8-18-9-7-15)13(19)10-11-4-3-5-12(17)14(11)16/h3-5,18H,2,6-10H2,1H3. The lowest BCUT2D eigenvalue weighted by molar-refractivity contribution is -0.129. The average Bonchev–Trinajstić information content (AvgIpc) is 2.44. The second kappa shape index (κ2) is 6.02. The first kappa shape index (κ1) is 14.5. The van der Waals surface area contributed by atoms with Gasteiger partial charge in [0, 0.05) is 11.8 Å². The zero-order chi connectivity index (χ0) is 13.9. The number of benzene rings is 1. The number of halogens is 2. The Hall–Kier alpha value is -0.930. The molecule has 1 N–H and O–H groups in total. The molecule has 0 spiro atoms. The zero-order valence-electron chi connectivity index (χ0n) is 11.1. The highest BCUT2D eigenvalue weighted by Gasteiger charge is 2.37. The lowest BCUT2D eigenvalue weighted by Gasteiger charge is -2.35. The molecule has 0 aliphatic carbocycles. The van der Waals surface area contributed by atoms with E-state index in [1.807, 2.05) is 0 Å². The number of ketones is 1. The minimum atomic E-state index is -0.456. The van der Waals surface area contributed by atoms with E-state index in [1.165, 1.54) is 6.07 Å². The topological polar surface area (TPSA) is 29.1 Å². The van der Waals surface area contributed by atoms with Crippen LogP contribution in [-0.2, 0) is 11.2 Å². The highest BCUT2D eigenvalue weighted by Crippen LogP contribution is 2.35. The molecule has 0 amide bonds. The van der Waals surface area contributed by atoms with Crippen LogP contribution in [-0.4, -0.2) is 18.9 Å². The van der Waals surface area contributed by atoms with Crippen LogP contribution >= 0.6 is 11.6 Å². The molecule has 2 nitrogen and oxygen atoms in total. The largest absolute Gasteiger partial charge is 0.317 e. The summed E-state index contributed by atoms with van der Waals surface area (Å²) in [5.41, 5.74) is 0.332. The number of piperidine rings is 1. The van der Waals surface area contributed by atoms with Gasteiger partial charge in [-0.1, -0.05) is 30.7 Å². The SMILES string of the molecule is CCC1(C(=O)Cc2cccc(F)c2Cl)CCNCC1. The molecular formula is C15H19ClFNO. The molecule has 0 atom stereocenters. The van der Waals surface area contributed by atoms with Crippen LogP contribution in [0, 0.1) is 11.2 Å². The number of rotatable bonds is 4. The maximum atomic E-state index is 13.4. The van der Waals surface area contributed by atoms with Gasteiger partial charge in [0.05, 0.1) is 5.02 Å². The third-order valence-corrected chi connectivity index (χ3v) is 4.63. The fraction of sp³-hybridized carbons (Fsp3) is 0.533. The Morgan fingerprint density at radius 3 is 2.74 bits per heavy atom. The summed E-state index contributed by atoms with van der Waals surface area (Å²) in [6.45, 7) is 3.79. The van der Waals surface area contributed by atoms with Crippen LogP contribution in [0.15, 0.2) is 18.2 Å². The third-order valence-electron chi connectivity index (χ3n) is 4.21. The van der Waals surface area contributed by atoms with Crippen LogP contribution in [0.2, 0.25) is 5.02 Å². The number of nitrogens with one attached hydrogen (secondary N) is 1. The van der Waals surface area contributed by atoms with Crippen molar-refractivity contribution in [3.8, 4) is 0 Å².